The van der Waals surface area contributed by atoms with E-state index in [2.05, 4.69) is 10.2 Å². The van der Waals surface area contributed by atoms with Crippen LogP contribution >= 0.6 is 0 Å². The van der Waals surface area contributed by atoms with E-state index in [0.717, 1.165) is 16.7 Å². The molecular weight excluding hydrogens is 224 g/mol. The number of hydrogen-bond acceptors (Lipinski definition) is 3. The average molecular weight is 240 g/mol. The van der Waals surface area contributed by atoms with Crippen LogP contribution in [0.2, 0.25) is 0 Å². The van der Waals surface area contributed by atoms with Crippen LogP contribution in [0.1, 0.15) is 32.7 Å². The maximum atomic E-state index is 12.3. The van der Waals surface area contributed by atoms with Crippen molar-refractivity contribution >= 4 is 5.78 Å². The first-order valence-electron chi connectivity index (χ1n) is 5.95. The maximum Gasteiger partial charge on any atom is 0.169 e. The topological polar surface area (TPSA) is 42.9 Å². The Labute approximate surface area is 107 Å². The molecule has 0 aliphatic heterocycles. The average Bonchev–Trinajstić information content (AvgIpc) is 2.28. The second kappa shape index (κ2) is 5.08. The molecule has 0 amide bonds. The fourth-order valence-corrected chi connectivity index (χ4v) is 2.30. The number of ketones is 1. The van der Waals surface area contributed by atoms with Gasteiger partial charge in [0.1, 0.15) is 0 Å². The first-order chi connectivity index (χ1) is 8.58. The van der Waals surface area contributed by atoms with Gasteiger partial charge in [0.25, 0.3) is 0 Å². The van der Waals surface area contributed by atoms with Crippen LogP contribution in [0.5, 0.6) is 0 Å². The smallest absolute Gasteiger partial charge is 0.169 e. The number of Topliss-reactive ketones (excluding diaryl/α,β-unsaturated/α-hetero) is 1. The number of carbonyl (C=O) groups excluding carboxylic acids is 1. The molecular formula is C15H16N2O. The van der Waals surface area contributed by atoms with Gasteiger partial charge in [0.2, 0.25) is 0 Å². The molecule has 0 radical (unpaired) electrons. The summed E-state index contributed by atoms with van der Waals surface area (Å²) in [7, 11) is 0. The summed E-state index contributed by atoms with van der Waals surface area (Å²) < 4.78 is 0. The zero-order valence-corrected chi connectivity index (χ0v) is 10.9. The van der Waals surface area contributed by atoms with E-state index in [1.165, 1.54) is 5.56 Å². The molecule has 0 saturated carbocycles. The van der Waals surface area contributed by atoms with Gasteiger partial charge in [-0.25, -0.2) is 0 Å². The predicted molar refractivity (Wildman–Crippen MR) is 70.7 cm³/mol. The monoisotopic (exact) mass is 240 g/mol. The van der Waals surface area contributed by atoms with Crippen LogP contribution in [-0.2, 0) is 6.42 Å². The largest absolute Gasteiger partial charge is 0.294 e. The third-order valence-corrected chi connectivity index (χ3v) is 2.93. The first kappa shape index (κ1) is 12.4. The van der Waals surface area contributed by atoms with Gasteiger partial charge in [0, 0.05) is 11.8 Å². The Hall–Kier alpha value is -2.03. The molecule has 2 aromatic rings. The zero-order valence-electron chi connectivity index (χ0n) is 10.9. The molecule has 0 spiro atoms. The fraction of sp³-hybridized carbons (Fsp3) is 0.267. The standard InChI is InChI=1S/C15H16N2O/c1-10-7-11(2)15(12(3)8-10)14(18)9-13-5-4-6-16-17-13/h4-8H,9H2,1-3H3. The summed E-state index contributed by atoms with van der Waals surface area (Å²) in [5, 5.41) is 7.74. The van der Waals surface area contributed by atoms with Crippen molar-refractivity contribution in [2.24, 2.45) is 0 Å². The van der Waals surface area contributed by atoms with Crippen molar-refractivity contribution in [3.05, 3.63) is 58.4 Å². The van der Waals surface area contributed by atoms with Gasteiger partial charge in [-0.2, -0.15) is 10.2 Å². The number of aryl methyl sites for hydroxylation is 3. The normalized spacial score (nSPS) is 10.4. The van der Waals surface area contributed by atoms with Crippen LogP contribution < -0.4 is 0 Å². The van der Waals surface area contributed by atoms with Gasteiger partial charge in [0.15, 0.2) is 5.78 Å². The lowest BCUT2D eigenvalue weighted by molar-refractivity contribution is 0.0990. The van der Waals surface area contributed by atoms with Crippen LogP contribution in [0.15, 0.2) is 30.5 Å². The van der Waals surface area contributed by atoms with Crippen molar-refractivity contribution in [1.82, 2.24) is 10.2 Å². The number of aromatic nitrogens is 2. The third-order valence-electron chi connectivity index (χ3n) is 2.93. The fourth-order valence-electron chi connectivity index (χ4n) is 2.30. The van der Waals surface area contributed by atoms with Crippen molar-refractivity contribution in [2.45, 2.75) is 27.2 Å². The van der Waals surface area contributed by atoms with E-state index in [0.29, 0.717) is 12.1 Å². The van der Waals surface area contributed by atoms with E-state index < -0.39 is 0 Å². The summed E-state index contributed by atoms with van der Waals surface area (Å²) >= 11 is 0. The predicted octanol–water partition coefficient (Wildman–Crippen LogP) is 2.83. The summed E-state index contributed by atoms with van der Waals surface area (Å²) in [5.74, 6) is 0.102. The number of rotatable bonds is 3. The highest BCUT2D eigenvalue weighted by Gasteiger charge is 2.13. The second-order valence-corrected chi connectivity index (χ2v) is 4.59. The van der Waals surface area contributed by atoms with E-state index in [-0.39, 0.29) is 5.78 Å². The lowest BCUT2D eigenvalue weighted by atomic mass is 9.94. The minimum Gasteiger partial charge on any atom is -0.294 e. The summed E-state index contributed by atoms with van der Waals surface area (Å²) in [6, 6.07) is 7.70. The highest BCUT2D eigenvalue weighted by atomic mass is 16.1. The molecule has 18 heavy (non-hydrogen) atoms. The molecule has 0 saturated heterocycles. The Balaban J connectivity index is 2.30. The number of nitrogens with zero attached hydrogens (tertiary/aromatic N) is 2. The van der Waals surface area contributed by atoms with Gasteiger partial charge in [-0.1, -0.05) is 17.7 Å². The first-order valence-corrected chi connectivity index (χ1v) is 5.95. The van der Waals surface area contributed by atoms with E-state index >= 15 is 0 Å². The van der Waals surface area contributed by atoms with Crippen molar-refractivity contribution < 1.29 is 4.79 Å². The van der Waals surface area contributed by atoms with Crippen molar-refractivity contribution in [1.29, 1.82) is 0 Å². The van der Waals surface area contributed by atoms with Crippen LogP contribution in [0.3, 0.4) is 0 Å². The lowest BCUT2D eigenvalue weighted by Gasteiger charge is -2.09. The minimum absolute atomic E-state index is 0.102. The Morgan fingerprint density at radius 1 is 1.17 bits per heavy atom. The highest BCUT2D eigenvalue weighted by molar-refractivity contribution is 6.00. The summed E-state index contributed by atoms with van der Waals surface area (Å²) in [6.07, 6.45) is 1.91. The van der Waals surface area contributed by atoms with Gasteiger partial charge in [-0.3, -0.25) is 4.79 Å². The van der Waals surface area contributed by atoms with Crippen molar-refractivity contribution in [2.75, 3.05) is 0 Å². The van der Waals surface area contributed by atoms with E-state index in [4.69, 9.17) is 0 Å². The quantitative estimate of drug-likeness (QED) is 0.775. The van der Waals surface area contributed by atoms with Crippen LogP contribution in [0.25, 0.3) is 0 Å². The molecule has 0 fully saturated rings. The maximum absolute atomic E-state index is 12.3. The molecule has 0 N–H and O–H groups in total. The number of carbonyl (C=O) groups is 1. The molecule has 0 aliphatic rings. The number of benzene rings is 1. The highest BCUT2D eigenvalue weighted by Crippen LogP contribution is 2.18. The Bertz CT molecular complexity index is 553. The summed E-state index contributed by atoms with van der Waals surface area (Å²) in [5.41, 5.74) is 4.76. The molecule has 0 atom stereocenters. The SMILES string of the molecule is Cc1cc(C)c(C(=O)Cc2cccnn2)c(C)c1. The molecule has 2 rings (SSSR count). The Kier molecular flexibility index (Phi) is 3.51. The summed E-state index contributed by atoms with van der Waals surface area (Å²) in [6.45, 7) is 5.99. The Morgan fingerprint density at radius 3 is 2.39 bits per heavy atom. The van der Waals surface area contributed by atoms with Gasteiger partial charge < -0.3 is 0 Å². The summed E-state index contributed by atoms with van der Waals surface area (Å²) in [4.78, 5) is 12.3. The Morgan fingerprint density at radius 2 is 1.83 bits per heavy atom. The van der Waals surface area contributed by atoms with Crippen LogP contribution in [-0.4, -0.2) is 16.0 Å². The molecule has 3 nitrogen and oxygen atoms in total. The molecule has 1 heterocycles. The second-order valence-electron chi connectivity index (χ2n) is 4.59. The van der Waals surface area contributed by atoms with Gasteiger partial charge in [-0.15, -0.1) is 0 Å². The van der Waals surface area contributed by atoms with Crippen LogP contribution in [0, 0.1) is 20.8 Å². The van der Waals surface area contributed by atoms with E-state index in [9.17, 15) is 4.79 Å². The molecule has 92 valence electrons. The molecule has 3 heteroatoms. The molecule has 1 aromatic heterocycles. The third kappa shape index (κ3) is 2.62. The van der Waals surface area contributed by atoms with E-state index in [1.54, 1.807) is 12.3 Å². The van der Waals surface area contributed by atoms with Crippen molar-refractivity contribution in [3.8, 4) is 0 Å². The molecule has 1 aromatic carbocycles. The van der Waals surface area contributed by atoms with Gasteiger partial charge >= 0.3 is 0 Å². The van der Waals surface area contributed by atoms with Gasteiger partial charge in [0.05, 0.1) is 12.1 Å². The minimum atomic E-state index is 0.102. The lowest BCUT2D eigenvalue weighted by Crippen LogP contribution is -2.09. The van der Waals surface area contributed by atoms with Crippen molar-refractivity contribution in [3.63, 3.8) is 0 Å². The molecule has 0 bridgehead atoms. The molecule has 0 unspecified atom stereocenters. The van der Waals surface area contributed by atoms with Gasteiger partial charge in [-0.05, 0) is 44.0 Å². The van der Waals surface area contributed by atoms with E-state index in [1.807, 2.05) is 39.0 Å². The van der Waals surface area contributed by atoms with Crippen LogP contribution in [0.4, 0.5) is 0 Å². The zero-order chi connectivity index (χ0) is 13.1. The number of hydrogen-bond donors (Lipinski definition) is 0. The molecule has 0 aliphatic carbocycles.